The first-order valence-electron chi connectivity index (χ1n) is 7.39. The Morgan fingerprint density at radius 3 is 2.83 bits per heavy atom. The molecule has 1 amide bonds. The summed E-state index contributed by atoms with van der Waals surface area (Å²) in [5.74, 6) is 0.329. The van der Waals surface area contributed by atoms with E-state index in [4.69, 9.17) is 4.84 Å². The van der Waals surface area contributed by atoms with Crippen molar-refractivity contribution in [3.05, 3.63) is 71.6 Å². The smallest absolute Gasteiger partial charge is 0.269 e. The number of rotatable bonds is 4. The van der Waals surface area contributed by atoms with Crippen molar-refractivity contribution in [2.24, 2.45) is 5.16 Å². The lowest BCUT2D eigenvalue weighted by molar-refractivity contribution is -0.134. The molecule has 23 heavy (non-hydrogen) atoms. The number of nitrogens with zero attached hydrogens (tertiary/aromatic N) is 3. The van der Waals surface area contributed by atoms with Gasteiger partial charge in [-0.2, -0.15) is 0 Å². The minimum absolute atomic E-state index is 0.0471. The van der Waals surface area contributed by atoms with Gasteiger partial charge in [-0.3, -0.25) is 14.7 Å². The average Bonchev–Trinajstić information content (AvgIpc) is 2.58. The maximum absolute atomic E-state index is 12.2. The van der Waals surface area contributed by atoms with Crippen LogP contribution in [0.3, 0.4) is 0 Å². The van der Waals surface area contributed by atoms with Gasteiger partial charge in [0, 0.05) is 12.7 Å². The fraction of sp³-hybridized carbons (Fsp3) is 0.167. The van der Waals surface area contributed by atoms with Crippen molar-refractivity contribution in [3.63, 3.8) is 0 Å². The van der Waals surface area contributed by atoms with Crippen LogP contribution in [0.25, 0.3) is 6.08 Å². The minimum Gasteiger partial charge on any atom is -0.384 e. The number of carbonyl (C=O) groups excluding carboxylic acids is 1. The van der Waals surface area contributed by atoms with Crippen LogP contribution in [0.15, 0.2) is 59.9 Å². The van der Waals surface area contributed by atoms with Gasteiger partial charge in [-0.05, 0) is 24.1 Å². The van der Waals surface area contributed by atoms with Gasteiger partial charge >= 0.3 is 0 Å². The molecule has 3 rings (SSSR count). The highest BCUT2D eigenvalue weighted by atomic mass is 16.6. The van der Waals surface area contributed by atoms with Crippen LogP contribution in [-0.4, -0.2) is 34.8 Å². The van der Waals surface area contributed by atoms with Crippen molar-refractivity contribution < 1.29 is 9.63 Å². The molecule has 5 nitrogen and oxygen atoms in total. The highest BCUT2D eigenvalue weighted by Crippen LogP contribution is 2.13. The van der Waals surface area contributed by atoms with Crippen molar-refractivity contribution >= 4 is 17.8 Å². The van der Waals surface area contributed by atoms with E-state index in [2.05, 4.69) is 10.1 Å². The van der Waals surface area contributed by atoms with E-state index in [1.807, 2.05) is 61.5 Å². The zero-order valence-electron chi connectivity index (χ0n) is 12.8. The summed E-state index contributed by atoms with van der Waals surface area (Å²) in [6.45, 7) is 2.31. The summed E-state index contributed by atoms with van der Waals surface area (Å²) in [6.07, 6.45) is 5.60. The first-order valence-corrected chi connectivity index (χ1v) is 7.39. The number of hydrogen-bond donors (Lipinski definition) is 0. The Morgan fingerprint density at radius 1 is 1.22 bits per heavy atom. The van der Waals surface area contributed by atoms with Crippen LogP contribution in [0.4, 0.5) is 0 Å². The van der Waals surface area contributed by atoms with Crippen molar-refractivity contribution in [1.82, 2.24) is 9.88 Å². The second-order valence-corrected chi connectivity index (χ2v) is 5.17. The SMILES string of the molecule is Cc1cccnc1C1=NOCC(=O)N1C/C=C/c1ccccc1. The summed E-state index contributed by atoms with van der Waals surface area (Å²) in [5.41, 5.74) is 2.69. The molecule has 0 radical (unpaired) electrons. The van der Waals surface area contributed by atoms with Gasteiger partial charge in [0.05, 0.1) is 0 Å². The number of carbonyl (C=O) groups is 1. The van der Waals surface area contributed by atoms with Crippen LogP contribution >= 0.6 is 0 Å². The molecular weight excluding hydrogens is 290 g/mol. The van der Waals surface area contributed by atoms with E-state index in [0.717, 1.165) is 11.1 Å². The molecule has 2 heterocycles. The number of amidine groups is 1. The van der Waals surface area contributed by atoms with Crippen molar-refractivity contribution in [3.8, 4) is 0 Å². The number of amides is 1. The molecule has 5 heteroatoms. The van der Waals surface area contributed by atoms with Crippen LogP contribution < -0.4 is 0 Å². The summed E-state index contributed by atoms with van der Waals surface area (Å²) < 4.78 is 0. The summed E-state index contributed by atoms with van der Waals surface area (Å²) in [4.78, 5) is 23.1. The highest BCUT2D eigenvalue weighted by molar-refractivity contribution is 6.08. The van der Waals surface area contributed by atoms with E-state index in [9.17, 15) is 4.79 Å². The second kappa shape index (κ2) is 6.87. The monoisotopic (exact) mass is 307 g/mol. The van der Waals surface area contributed by atoms with Gasteiger partial charge in [0.25, 0.3) is 5.91 Å². The van der Waals surface area contributed by atoms with Gasteiger partial charge in [0.15, 0.2) is 6.61 Å². The molecule has 0 atom stereocenters. The van der Waals surface area contributed by atoms with Crippen LogP contribution in [0.2, 0.25) is 0 Å². The summed E-state index contributed by atoms with van der Waals surface area (Å²) in [6, 6.07) is 13.7. The highest BCUT2D eigenvalue weighted by Gasteiger charge is 2.26. The number of aromatic nitrogens is 1. The Labute approximate surface area is 134 Å². The third-order valence-corrected chi connectivity index (χ3v) is 3.51. The van der Waals surface area contributed by atoms with Gasteiger partial charge in [0.2, 0.25) is 5.84 Å². The standard InChI is InChI=1S/C18H17N3O2/c1-14-7-5-11-19-17(14)18-20-23-13-16(22)21(18)12-6-10-15-8-3-2-4-9-15/h2-11H,12-13H2,1H3/b10-6+. The first-order chi connectivity index (χ1) is 11.3. The lowest BCUT2D eigenvalue weighted by Gasteiger charge is -2.25. The molecule has 0 fully saturated rings. The zero-order chi connectivity index (χ0) is 16.1. The predicted octanol–water partition coefficient (Wildman–Crippen LogP) is 2.62. The molecule has 0 unspecified atom stereocenters. The first kappa shape index (κ1) is 15.0. The topological polar surface area (TPSA) is 54.8 Å². The molecule has 0 spiro atoms. The van der Waals surface area contributed by atoms with Crippen LogP contribution in [-0.2, 0) is 9.63 Å². The molecule has 0 N–H and O–H groups in total. The number of pyridine rings is 1. The molecule has 1 aromatic carbocycles. The Morgan fingerprint density at radius 2 is 2.04 bits per heavy atom. The molecular formula is C18H17N3O2. The van der Waals surface area contributed by atoms with E-state index in [0.29, 0.717) is 18.1 Å². The third-order valence-electron chi connectivity index (χ3n) is 3.51. The summed E-state index contributed by atoms with van der Waals surface area (Å²) in [7, 11) is 0. The van der Waals surface area contributed by atoms with E-state index in [1.54, 1.807) is 11.1 Å². The quantitative estimate of drug-likeness (QED) is 0.872. The summed E-state index contributed by atoms with van der Waals surface area (Å²) in [5, 5.41) is 4.04. The van der Waals surface area contributed by atoms with E-state index in [1.165, 1.54) is 0 Å². The third kappa shape index (κ3) is 3.45. The van der Waals surface area contributed by atoms with Crippen LogP contribution in [0, 0.1) is 6.92 Å². The zero-order valence-corrected chi connectivity index (χ0v) is 12.8. The largest absolute Gasteiger partial charge is 0.384 e. The number of aryl methyl sites for hydroxylation is 1. The van der Waals surface area contributed by atoms with Crippen LogP contribution in [0.5, 0.6) is 0 Å². The van der Waals surface area contributed by atoms with E-state index < -0.39 is 0 Å². The molecule has 0 aliphatic carbocycles. The average molecular weight is 307 g/mol. The van der Waals surface area contributed by atoms with Gasteiger partial charge < -0.3 is 4.84 Å². The second-order valence-electron chi connectivity index (χ2n) is 5.17. The Balaban J connectivity index is 1.82. The predicted molar refractivity (Wildman–Crippen MR) is 88.7 cm³/mol. The number of hydrogen-bond acceptors (Lipinski definition) is 4. The van der Waals surface area contributed by atoms with E-state index in [-0.39, 0.29) is 12.5 Å². The van der Waals surface area contributed by atoms with Gasteiger partial charge in [-0.25, -0.2) is 0 Å². The van der Waals surface area contributed by atoms with Gasteiger partial charge in [-0.15, -0.1) is 0 Å². The van der Waals surface area contributed by atoms with Gasteiger partial charge in [0.1, 0.15) is 5.69 Å². The number of benzene rings is 1. The molecule has 1 aromatic heterocycles. The van der Waals surface area contributed by atoms with Crippen molar-refractivity contribution in [2.45, 2.75) is 6.92 Å². The van der Waals surface area contributed by atoms with Crippen molar-refractivity contribution in [2.75, 3.05) is 13.2 Å². The van der Waals surface area contributed by atoms with Gasteiger partial charge in [-0.1, -0.05) is 53.7 Å². The Hall–Kier alpha value is -2.95. The normalized spacial score (nSPS) is 14.7. The maximum atomic E-state index is 12.2. The lowest BCUT2D eigenvalue weighted by Crippen LogP contribution is -2.43. The molecule has 0 saturated carbocycles. The number of oxime groups is 1. The summed E-state index contributed by atoms with van der Waals surface area (Å²) >= 11 is 0. The fourth-order valence-electron chi connectivity index (χ4n) is 2.33. The Kier molecular flexibility index (Phi) is 4.47. The minimum atomic E-state index is -0.127. The molecule has 0 bridgehead atoms. The lowest BCUT2D eigenvalue weighted by atomic mass is 10.1. The van der Waals surface area contributed by atoms with E-state index >= 15 is 0 Å². The molecule has 1 aliphatic heterocycles. The molecule has 2 aromatic rings. The molecule has 0 saturated heterocycles. The Bertz CT molecular complexity index is 754. The molecule has 1 aliphatic rings. The fourth-order valence-corrected chi connectivity index (χ4v) is 2.33. The maximum Gasteiger partial charge on any atom is 0.269 e. The van der Waals surface area contributed by atoms with Crippen molar-refractivity contribution in [1.29, 1.82) is 0 Å². The molecule has 116 valence electrons. The van der Waals surface area contributed by atoms with Crippen LogP contribution in [0.1, 0.15) is 16.8 Å².